The molecule has 4 nitrogen and oxygen atoms in total. The van der Waals surface area contributed by atoms with E-state index in [-0.39, 0.29) is 17.6 Å². The van der Waals surface area contributed by atoms with Gasteiger partial charge < -0.3 is 9.47 Å². The van der Waals surface area contributed by atoms with Crippen molar-refractivity contribution in [3.63, 3.8) is 0 Å². The molecule has 0 fully saturated rings. The smallest absolute Gasteiger partial charge is 0.313 e. The third-order valence-electron chi connectivity index (χ3n) is 2.49. The van der Waals surface area contributed by atoms with Gasteiger partial charge in [-0.2, -0.15) is 0 Å². The largest absolute Gasteiger partial charge is 0.430 e. The van der Waals surface area contributed by atoms with E-state index < -0.39 is 5.97 Å². The number of rotatable bonds is 8. The second-order valence-corrected chi connectivity index (χ2v) is 4.00. The van der Waals surface area contributed by atoms with Gasteiger partial charge in [-0.05, 0) is 18.9 Å². The van der Waals surface area contributed by atoms with Gasteiger partial charge in [-0.3, -0.25) is 9.59 Å². The van der Waals surface area contributed by atoms with Crippen molar-refractivity contribution >= 4 is 11.9 Å². The number of carbonyl (C=O) groups excluding carboxylic acids is 2. The topological polar surface area (TPSA) is 52.6 Å². The van der Waals surface area contributed by atoms with Crippen LogP contribution >= 0.6 is 0 Å². The van der Waals surface area contributed by atoms with E-state index in [9.17, 15) is 9.59 Å². The Morgan fingerprint density at radius 2 is 2.00 bits per heavy atom. The van der Waals surface area contributed by atoms with Crippen molar-refractivity contribution in [2.24, 2.45) is 5.92 Å². The Labute approximate surface area is 109 Å². The summed E-state index contributed by atoms with van der Waals surface area (Å²) < 4.78 is 9.77. The molecule has 0 aromatic carbocycles. The first kappa shape index (κ1) is 16.4. The van der Waals surface area contributed by atoms with Crippen molar-refractivity contribution in [2.75, 3.05) is 0 Å². The molecular formula is C14H22O4. The number of ether oxygens (including phenoxy) is 2. The standard InChI is InChI=1S/C14H22O4/c1-5-8-9-12(6-2)14(16)17-10-13(7-3)18-11(4)15/h7,10,12H,3,5-6,8-9H2,1-2,4H3/b13-10+. The summed E-state index contributed by atoms with van der Waals surface area (Å²) in [7, 11) is 0. The molecule has 1 unspecified atom stereocenters. The van der Waals surface area contributed by atoms with Gasteiger partial charge in [0.1, 0.15) is 6.26 Å². The summed E-state index contributed by atoms with van der Waals surface area (Å²) in [6, 6.07) is 0. The van der Waals surface area contributed by atoms with Gasteiger partial charge in [-0.25, -0.2) is 0 Å². The van der Waals surface area contributed by atoms with Crippen LogP contribution in [0.15, 0.2) is 24.7 Å². The van der Waals surface area contributed by atoms with Crippen LogP contribution < -0.4 is 0 Å². The van der Waals surface area contributed by atoms with Gasteiger partial charge >= 0.3 is 11.9 Å². The number of esters is 2. The monoisotopic (exact) mass is 254 g/mol. The average molecular weight is 254 g/mol. The van der Waals surface area contributed by atoms with Crippen molar-refractivity contribution in [3.05, 3.63) is 24.7 Å². The number of hydrogen-bond donors (Lipinski definition) is 0. The molecular weight excluding hydrogens is 232 g/mol. The van der Waals surface area contributed by atoms with Gasteiger partial charge in [0.15, 0.2) is 5.76 Å². The number of allylic oxidation sites excluding steroid dienone is 1. The molecule has 102 valence electrons. The number of unbranched alkanes of at least 4 members (excludes halogenated alkanes) is 1. The summed E-state index contributed by atoms with van der Waals surface area (Å²) >= 11 is 0. The lowest BCUT2D eigenvalue weighted by molar-refractivity contribution is -0.144. The van der Waals surface area contributed by atoms with Crippen LogP contribution in [-0.2, 0) is 19.1 Å². The molecule has 18 heavy (non-hydrogen) atoms. The summed E-state index contributed by atoms with van der Waals surface area (Å²) in [6.07, 6.45) is 6.05. The molecule has 0 N–H and O–H groups in total. The Balaban J connectivity index is 4.38. The molecule has 0 rings (SSSR count). The molecule has 0 aliphatic carbocycles. The third-order valence-corrected chi connectivity index (χ3v) is 2.49. The third kappa shape index (κ3) is 6.89. The van der Waals surface area contributed by atoms with E-state index in [0.717, 1.165) is 31.9 Å². The number of hydrogen-bond acceptors (Lipinski definition) is 4. The molecule has 0 amide bonds. The van der Waals surface area contributed by atoms with Gasteiger partial charge in [0.05, 0.1) is 5.92 Å². The van der Waals surface area contributed by atoms with Crippen LogP contribution in [0.4, 0.5) is 0 Å². The van der Waals surface area contributed by atoms with Crippen LogP contribution in [0.25, 0.3) is 0 Å². The Bertz CT molecular complexity index is 318. The zero-order chi connectivity index (χ0) is 14.0. The lowest BCUT2D eigenvalue weighted by atomic mass is 10.00. The summed E-state index contributed by atoms with van der Waals surface area (Å²) in [5.41, 5.74) is 0. The Kier molecular flexibility index (Phi) is 8.62. The summed E-state index contributed by atoms with van der Waals surface area (Å²) in [6.45, 7) is 8.77. The van der Waals surface area contributed by atoms with Crippen LogP contribution in [-0.4, -0.2) is 11.9 Å². The van der Waals surface area contributed by atoms with Gasteiger partial charge in [-0.15, -0.1) is 0 Å². The van der Waals surface area contributed by atoms with E-state index in [1.54, 1.807) is 0 Å². The highest BCUT2D eigenvalue weighted by Gasteiger charge is 2.16. The van der Waals surface area contributed by atoms with Gasteiger partial charge in [0.25, 0.3) is 0 Å². The minimum absolute atomic E-state index is 0.107. The maximum atomic E-state index is 11.7. The molecule has 1 atom stereocenters. The fourth-order valence-electron chi connectivity index (χ4n) is 1.43. The highest BCUT2D eigenvalue weighted by atomic mass is 16.6. The van der Waals surface area contributed by atoms with E-state index in [4.69, 9.17) is 9.47 Å². The average Bonchev–Trinajstić information content (AvgIpc) is 2.34. The van der Waals surface area contributed by atoms with E-state index in [2.05, 4.69) is 13.5 Å². The van der Waals surface area contributed by atoms with E-state index >= 15 is 0 Å². The van der Waals surface area contributed by atoms with E-state index in [0.29, 0.717) is 0 Å². The first-order chi connectivity index (χ1) is 8.54. The second-order valence-electron chi connectivity index (χ2n) is 4.00. The molecule has 0 radical (unpaired) electrons. The molecule has 0 heterocycles. The maximum absolute atomic E-state index is 11.7. The molecule has 0 aliphatic rings. The summed E-state index contributed by atoms with van der Waals surface area (Å²) in [5.74, 6) is -0.738. The Hall–Kier alpha value is -1.58. The van der Waals surface area contributed by atoms with Crippen LogP contribution in [0.2, 0.25) is 0 Å². The molecule has 0 bridgehead atoms. The highest BCUT2D eigenvalue weighted by Crippen LogP contribution is 2.15. The molecule has 0 aromatic heterocycles. The predicted octanol–water partition coefficient (Wildman–Crippen LogP) is 3.34. The van der Waals surface area contributed by atoms with Gasteiger partial charge in [-0.1, -0.05) is 33.3 Å². The van der Waals surface area contributed by atoms with Crippen LogP contribution in [0.1, 0.15) is 46.5 Å². The molecule has 0 aromatic rings. The van der Waals surface area contributed by atoms with Crippen molar-refractivity contribution in [1.29, 1.82) is 0 Å². The Morgan fingerprint density at radius 1 is 1.33 bits per heavy atom. The first-order valence-corrected chi connectivity index (χ1v) is 6.26. The zero-order valence-electron chi connectivity index (χ0n) is 11.4. The fraction of sp³-hybridized carbons (Fsp3) is 0.571. The van der Waals surface area contributed by atoms with Crippen molar-refractivity contribution in [1.82, 2.24) is 0 Å². The highest BCUT2D eigenvalue weighted by molar-refractivity contribution is 5.73. The van der Waals surface area contributed by atoms with Crippen molar-refractivity contribution < 1.29 is 19.1 Å². The van der Waals surface area contributed by atoms with Crippen LogP contribution in [0, 0.1) is 5.92 Å². The molecule has 0 saturated carbocycles. The fourth-order valence-corrected chi connectivity index (χ4v) is 1.43. The quantitative estimate of drug-likeness (QED) is 0.379. The first-order valence-electron chi connectivity index (χ1n) is 6.26. The number of carbonyl (C=O) groups is 2. The zero-order valence-corrected chi connectivity index (χ0v) is 11.4. The van der Waals surface area contributed by atoms with Gasteiger partial charge in [0, 0.05) is 6.92 Å². The lowest BCUT2D eigenvalue weighted by Gasteiger charge is -2.11. The predicted molar refractivity (Wildman–Crippen MR) is 69.4 cm³/mol. The van der Waals surface area contributed by atoms with E-state index in [1.807, 2.05) is 6.92 Å². The minimum Gasteiger partial charge on any atom is -0.430 e. The van der Waals surface area contributed by atoms with Crippen molar-refractivity contribution in [3.8, 4) is 0 Å². The van der Waals surface area contributed by atoms with Crippen LogP contribution in [0.5, 0.6) is 0 Å². The lowest BCUT2D eigenvalue weighted by Crippen LogP contribution is -2.15. The molecule has 0 aliphatic heterocycles. The van der Waals surface area contributed by atoms with Gasteiger partial charge in [0.2, 0.25) is 0 Å². The second kappa shape index (κ2) is 9.45. The SMILES string of the molecule is C=C/C(=C\OC(=O)C(CC)CCCC)OC(C)=O. The normalized spacial score (nSPS) is 12.7. The summed E-state index contributed by atoms with van der Waals surface area (Å²) in [5, 5.41) is 0. The summed E-state index contributed by atoms with van der Waals surface area (Å²) in [4.78, 5) is 22.5. The Morgan fingerprint density at radius 3 is 2.44 bits per heavy atom. The minimum atomic E-state index is -0.477. The van der Waals surface area contributed by atoms with Crippen LogP contribution in [0.3, 0.4) is 0 Å². The molecule has 0 saturated heterocycles. The molecule has 4 heteroatoms. The maximum Gasteiger partial charge on any atom is 0.313 e. The van der Waals surface area contributed by atoms with Crippen molar-refractivity contribution in [2.45, 2.75) is 46.5 Å². The molecule has 0 spiro atoms. The van der Waals surface area contributed by atoms with E-state index in [1.165, 1.54) is 13.0 Å².